The number of imidazole rings is 1. The Hall–Kier alpha value is -0.700. The smallest absolute Gasteiger partial charge is 0.123 e. The first-order valence-corrected chi connectivity index (χ1v) is 3.30. The van der Waals surface area contributed by atoms with Crippen molar-refractivity contribution in [3.8, 4) is 0 Å². The molecule has 1 rings (SSSR count). The van der Waals surface area contributed by atoms with Crippen molar-refractivity contribution in [2.75, 3.05) is 5.73 Å². The van der Waals surface area contributed by atoms with E-state index in [1.807, 2.05) is 4.57 Å². The second-order valence-electron chi connectivity index (χ2n) is 3.36. The van der Waals surface area contributed by atoms with Crippen LogP contribution in [0.1, 0.15) is 20.8 Å². The van der Waals surface area contributed by atoms with E-state index in [9.17, 15) is 0 Å². The summed E-state index contributed by atoms with van der Waals surface area (Å²) in [5.41, 5.74) is 5.67. The average molecular weight is 176 g/mol. The summed E-state index contributed by atoms with van der Waals surface area (Å²) < 4.78 is 1.94. The SMILES string of the molecule is CC(C)(C)n1cncc1N.Cl. The van der Waals surface area contributed by atoms with Crippen LogP contribution in [0.5, 0.6) is 0 Å². The number of anilines is 1. The average Bonchev–Trinajstić information content (AvgIpc) is 2.11. The third-order valence-corrected chi connectivity index (χ3v) is 1.39. The molecule has 0 spiro atoms. The van der Waals surface area contributed by atoms with Gasteiger partial charge in [0.15, 0.2) is 0 Å². The number of hydrogen-bond acceptors (Lipinski definition) is 2. The van der Waals surface area contributed by atoms with Crippen molar-refractivity contribution in [3.05, 3.63) is 12.5 Å². The lowest BCUT2D eigenvalue weighted by Gasteiger charge is -2.21. The summed E-state index contributed by atoms with van der Waals surface area (Å²) in [5, 5.41) is 0. The molecule has 64 valence electrons. The molecule has 0 aliphatic carbocycles. The predicted octanol–water partition coefficient (Wildman–Crippen LogP) is 1.64. The number of aromatic nitrogens is 2. The van der Waals surface area contributed by atoms with E-state index in [1.54, 1.807) is 12.5 Å². The molecule has 0 aliphatic heterocycles. The van der Waals surface area contributed by atoms with Gasteiger partial charge in [-0.3, -0.25) is 0 Å². The van der Waals surface area contributed by atoms with Crippen molar-refractivity contribution in [1.82, 2.24) is 9.55 Å². The van der Waals surface area contributed by atoms with Gasteiger partial charge < -0.3 is 10.3 Å². The number of halogens is 1. The lowest BCUT2D eigenvalue weighted by molar-refractivity contribution is 0.402. The molecule has 0 aliphatic rings. The number of rotatable bonds is 0. The molecule has 0 amide bonds. The van der Waals surface area contributed by atoms with Crippen LogP contribution in [0.15, 0.2) is 12.5 Å². The molecule has 3 nitrogen and oxygen atoms in total. The monoisotopic (exact) mass is 175 g/mol. The van der Waals surface area contributed by atoms with E-state index in [-0.39, 0.29) is 17.9 Å². The highest BCUT2D eigenvalue weighted by molar-refractivity contribution is 5.85. The van der Waals surface area contributed by atoms with Crippen LogP contribution < -0.4 is 5.73 Å². The van der Waals surface area contributed by atoms with Crippen LogP contribution >= 0.6 is 12.4 Å². The molecule has 0 atom stereocenters. The lowest BCUT2D eigenvalue weighted by atomic mass is 10.1. The minimum absolute atomic E-state index is 0. The van der Waals surface area contributed by atoms with Gasteiger partial charge in [-0.15, -0.1) is 12.4 Å². The van der Waals surface area contributed by atoms with Gasteiger partial charge in [-0.05, 0) is 20.8 Å². The van der Waals surface area contributed by atoms with Gasteiger partial charge in [-0.25, -0.2) is 4.98 Å². The van der Waals surface area contributed by atoms with Gasteiger partial charge in [0, 0.05) is 5.54 Å². The summed E-state index contributed by atoms with van der Waals surface area (Å²) in [6.07, 6.45) is 3.40. The van der Waals surface area contributed by atoms with Crippen molar-refractivity contribution < 1.29 is 0 Å². The summed E-state index contributed by atoms with van der Waals surface area (Å²) in [5.74, 6) is 0.715. The van der Waals surface area contributed by atoms with Crippen molar-refractivity contribution in [1.29, 1.82) is 0 Å². The normalized spacial score (nSPS) is 10.8. The summed E-state index contributed by atoms with van der Waals surface area (Å²) in [6.45, 7) is 6.26. The topological polar surface area (TPSA) is 43.8 Å². The maximum atomic E-state index is 5.63. The van der Waals surface area contributed by atoms with Gasteiger partial charge in [-0.1, -0.05) is 0 Å². The van der Waals surface area contributed by atoms with Crippen molar-refractivity contribution >= 4 is 18.2 Å². The number of nitrogen functional groups attached to an aromatic ring is 1. The molecule has 0 unspecified atom stereocenters. The predicted molar refractivity (Wildman–Crippen MR) is 48.9 cm³/mol. The van der Waals surface area contributed by atoms with Crippen LogP contribution in [0.25, 0.3) is 0 Å². The van der Waals surface area contributed by atoms with Crippen LogP contribution in [0.2, 0.25) is 0 Å². The zero-order valence-corrected chi connectivity index (χ0v) is 7.85. The highest BCUT2D eigenvalue weighted by Crippen LogP contribution is 2.16. The van der Waals surface area contributed by atoms with Crippen LogP contribution in [0.3, 0.4) is 0 Å². The lowest BCUT2D eigenvalue weighted by Crippen LogP contribution is -2.22. The number of hydrogen-bond donors (Lipinski definition) is 1. The summed E-state index contributed by atoms with van der Waals surface area (Å²) in [6, 6.07) is 0. The van der Waals surface area contributed by atoms with Gasteiger partial charge >= 0.3 is 0 Å². The maximum Gasteiger partial charge on any atom is 0.123 e. The fourth-order valence-corrected chi connectivity index (χ4v) is 0.866. The van der Waals surface area contributed by atoms with Crippen LogP contribution in [-0.4, -0.2) is 9.55 Å². The third-order valence-electron chi connectivity index (χ3n) is 1.39. The quantitative estimate of drug-likeness (QED) is 0.652. The Bertz CT molecular complexity index is 224. The highest BCUT2D eigenvalue weighted by Gasteiger charge is 2.13. The molecular weight excluding hydrogens is 162 g/mol. The first-order valence-electron chi connectivity index (χ1n) is 3.30. The van der Waals surface area contributed by atoms with Gasteiger partial charge in [0.2, 0.25) is 0 Å². The van der Waals surface area contributed by atoms with Gasteiger partial charge in [0.25, 0.3) is 0 Å². The van der Waals surface area contributed by atoms with E-state index in [0.717, 1.165) is 0 Å². The van der Waals surface area contributed by atoms with Gasteiger partial charge in [-0.2, -0.15) is 0 Å². The van der Waals surface area contributed by atoms with Gasteiger partial charge in [0.05, 0.1) is 12.5 Å². The van der Waals surface area contributed by atoms with E-state index in [2.05, 4.69) is 25.8 Å². The Morgan fingerprint density at radius 1 is 1.45 bits per heavy atom. The summed E-state index contributed by atoms with van der Waals surface area (Å²) in [7, 11) is 0. The van der Waals surface area contributed by atoms with E-state index >= 15 is 0 Å². The van der Waals surface area contributed by atoms with E-state index < -0.39 is 0 Å². The number of nitrogens with two attached hydrogens (primary N) is 1. The highest BCUT2D eigenvalue weighted by atomic mass is 35.5. The summed E-state index contributed by atoms with van der Waals surface area (Å²) >= 11 is 0. The molecule has 0 aromatic carbocycles. The Kier molecular flexibility index (Phi) is 2.93. The molecule has 1 heterocycles. The van der Waals surface area contributed by atoms with E-state index in [0.29, 0.717) is 5.82 Å². The first-order chi connectivity index (χ1) is 4.52. The van der Waals surface area contributed by atoms with Crippen molar-refractivity contribution in [2.24, 2.45) is 0 Å². The van der Waals surface area contributed by atoms with Crippen LogP contribution in [0.4, 0.5) is 5.82 Å². The van der Waals surface area contributed by atoms with E-state index in [4.69, 9.17) is 5.73 Å². The standard InChI is InChI=1S/C7H13N3.ClH/c1-7(2,3)10-5-9-4-6(10)8;/h4-5H,8H2,1-3H3;1H. The van der Waals surface area contributed by atoms with Crippen molar-refractivity contribution in [3.63, 3.8) is 0 Å². The molecule has 1 aromatic heterocycles. The molecule has 0 saturated heterocycles. The summed E-state index contributed by atoms with van der Waals surface area (Å²) in [4.78, 5) is 3.93. The van der Waals surface area contributed by atoms with E-state index in [1.165, 1.54) is 0 Å². The van der Waals surface area contributed by atoms with Crippen molar-refractivity contribution in [2.45, 2.75) is 26.3 Å². The fraction of sp³-hybridized carbons (Fsp3) is 0.571. The molecule has 0 fully saturated rings. The second kappa shape index (κ2) is 3.13. The zero-order valence-electron chi connectivity index (χ0n) is 7.03. The Morgan fingerprint density at radius 2 is 2.00 bits per heavy atom. The molecule has 2 N–H and O–H groups in total. The molecule has 0 saturated carbocycles. The van der Waals surface area contributed by atoms with Crippen LogP contribution in [0, 0.1) is 0 Å². The third kappa shape index (κ3) is 2.12. The molecule has 11 heavy (non-hydrogen) atoms. The minimum Gasteiger partial charge on any atom is -0.384 e. The molecule has 1 aromatic rings. The molecule has 0 bridgehead atoms. The van der Waals surface area contributed by atoms with Gasteiger partial charge in [0.1, 0.15) is 5.82 Å². The van der Waals surface area contributed by atoms with Crippen LogP contribution in [-0.2, 0) is 5.54 Å². The Balaban J connectivity index is 0.000001000. The Morgan fingerprint density at radius 3 is 2.18 bits per heavy atom. The zero-order chi connectivity index (χ0) is 7.78. The first kappa shape index (κ1) is 10.3. The molecular formula is C7H14ClN3. The second-order valence-corrected chi connectivity index (χ2v) is 3.36. The minimum atomic E-state index is 0. The molecule has 0 radical (unpaired) electrons. The fourth-order valence-electron chi connectivity index (χ4n) is 0.866. The largest absolute Gasteiger partial charge is 0.384 e. The Labute approximate surface area is 73.0 Å². The number of nitrogens with zero attached hydrogens (tertiary/aromatic N) is 2. The molecule has 4 heteroatoms. The maximum absolute atomic E-state index is 5.63.